The van der Waals surface area contributed by atoms with E-state index in [1.807, 2.05) is 13.0 Å². The van der Waals surface area contributed by atoms with Crippen molar-refractivity contribution in [1.82, 2.24) is 15.5 Å². The average molecular weight is 224 g/mol. The zero-order valence-corrected chi connectivity index (χ0v) is 10.1. The molecule has 16 heavy (non-hydrogen) atoms. The predicted molar refractivity (Wildman–Crippen MR) is 64.3 cm³/mol. The molecule has 0 bridgehead atoms. The van der Waals surface area contributed by atoms with Crippen LogP contribution in [0.1, 0.15) is 32.4 Å². The minimum Gasteiger partial charge on any atom is -0.315 e. The Morgan fingerprint density at radius 2 is 2.31 bits per heavy atom. The first-order valence-corrected chi connectivity index (χ1v) is 5.63. The number of anilines is 1. The van der Waals surface area contributed by atoms with Crippen LogP contribution in [0.2, 0.25) is 0 Å². The summed E-state index contributed by atoms with van der Waals surface area (Å²) in [6.07, 6.45) is 1.36. The van der Waals surface area contributed by atoms with E-state index in [1.54, 1.807) is 0 Å². The van der Waals surface area contributed by atoms with E-state index in [9.17, 15) is 4.79 Å². The van der Waals surface area contributed by atoms with Crippen LogP contribution in [-0.4, -0.2) is 28.7 Å². The van der Waals surface area contributed by atoms with Crippen LogP contribution < -0.4 is 10.6 Å². The van der Waals surface area contributed by atoms with Crippen molar-refractivity contribution in [3.05, 3.63) is 11.8 Å². The first kappa shape index (κ1) is 12.7. The number of aromatic amines is 1. The molecule has 1 rings (SSSR count). The van der Waals surface area contributed by atoms with Crippen molar-refractivity contribution in [2.45, 2.75) is 39.7 Å². The summed E-state index contributed by atoms with van der Waals surface area (Å²) in [7, 11) is 0. The Bertz CT molecular complexity index is 332. The third-order valence-corrected chi connectivity index (χ3v) is 2.11. The lowest BCUT2D eigenvalue weighted by atomic mass is 10.2. The van der Waals surface area contributed by atoms with Gasteiger partial charge in [0.2, 0.25) is 5.91 Å². The fraction of sp³-hybridized carbons (Fsp3) is 0.636. The van der Waals surface area contributed by atoms with Crippen LogP contribution in [0.4, 0.5) is 5.82 Å². The molecular weight excluding hydrogens is 204 g/mol. The summed E-state index contributed by atoms with van der Waals surface area (Å²) in [6, 6.07) is 2.28. The zero-order valence-electron chi connectivity index (χ0n) is 10.1. The van der Waals surface area contributed by atoms with E-state index in [4.69, 9.17) is 0 Å². The largest absolute Gasteiger partial charge is 0.315 e. The van der Waals surface area contributed by atoms with Gasteiger partial charge in [0.05, 0.1) is 0 Å². The van der Waals surface area contributed by atoms with E-state index < -0.39 is 0 Å². The number of carbonyl (C=O) groups excluding carboxylic acids is 1. The second kappa shape index (κ2) is 6.27. The summed E-state index contributed by atoms with van der Waals surface area (Å²) >= 11 is 0. The molecule has 0 saturated carbocycles. The number of rotatable bonds is 6. The van der Waals surface area contributed by atoms with Crippen LogP contribution in [0.25, 0.3) is 0 Å². The number of hydrogen-bond acceptors (Lipinski definition) is 3. The SMILES string of the molecule is Cc1cc(NC(=O)CCCNC(C)C)n[nH]1. The molecule has 5 heteroatoms. The number of carbonyl (C=O) groups is 1. The van der Waals surface area contributed by atoms with Crippen molar-refractivity contribution < 1.29 is 4.79 Å². The van der Waals surface area contributed by atoms with Crippen LogP contribution in [-0.2, 0) is 4.79 Å². The Hall–Kier alpha value is -1.36. The maximum Gasteiger partial charge on any atom is 0.225 e. The summed E-state index contributed by atoms with van der Waals surface area (Å²) in [5.41, 5.74) is 0.941. The molecule has 1 aromatic heterocycles. The summed E-state index contributed by atoms with van der Waals surface area (Å²) in [5.74, 6) is 0.608. The lowest BCUT2D eigenvalue weighted by molar-refractivity contribution is -0.116. The summed E-state index contributed by atoms with van der Waals surface area (Å²) in [4.78, 5) is 11.5. The van der Waals surface area contributed by atoms with E-state index >= 15 is 0 Å². The molecule has 0 aromatic carbocycles. The highest BCUT2D eigenvalue weighted by Gasteiger charge is 2.04. The van der Waals surface area contributed by atoms with Gasteiger partial charge in [-0.05, 0) is 19.9 Å². The van der Waals surface area contributed by atoms with Crippen molar-refractivity contribution >= 4 is 11.7 Å². The number of H-pyrrole nitrogens is 1. The smallest absolute Gasteiger partial charge is 0.225 e. The molecule has 0 aliphatic rings. The zero-order chi connectivity index (χ0) is 12.0. The molecule has 1 amide bonds. The van der Waals surface area contributed by atoms with Crippen LogP contribution in [0.15, 0.2) is 6.07 Å². The van der Waals surface area contributed by atoms with Gasteiger partial charge in [-0.2, -0.15) is 5.10 Å². The molecule has 5 nitrogen and oxygen atoms in total. The molecule has 0 atom stereocenters. The lowest BCUT2D eigenvalue weighted by Crippen LogP contribution is -2.24. The van der Waals surface area contributed by atoms with E-state index in [0.29, 0.717) is 18.3 Å². The molecule has 0 spiro atoms. The number of nitrogens with one attached hydrogen (secondary N) is 3. The van der Waals surface area contributed by atoms with Crippen LogP contribution in [0.3, 0.4) is 0 Å². The third kappa shape index (κ3) is 4.93. The monoisotopic (exact) mass is 224 g/mol. The van der Waals surface area contributed by atoms with Gasteiger partial charge in [-0.15, -0.1) is 0 Å². The van der Waals surface area contributed by atoms with Crippen LogP contribution in [0.5, 0.6) is 0 Å². The topological polar surface area (TPSA) is 69.8 Å². The van der Waals surface area contributed by atoms with E-state index in [-0.39, 0.29) is 5.91 Å². The predicted octanol–water partition coefficient (Wildman–Crippen LogP) is 1.43. The van der Waals surface area contributed by atoms with Gasteiger partial charge in [0, 0.05) is 24.2 Å². The number of aromatic nitrogens is 2. The minimum atomic E-state index is 0.0112. The fourth-order valence-corrected chi connectivity index (χ4v) is 1.33. The Morgan fingerprint density at radius 3 is 2.88 bits per heavy atom. The lowest BCUT2D eigenvalue weighted by Gasteiger charge is -2.07. The molecule has 1 aromatic rings. The highest BCUT2D eigenvalue weighted by Crippen LogP contribution is 2.04. The number of amides is 1. The van der Waals surface area contributed by atoms with Gasteiger partial charge in [0.15, 0.2) is 5.82 Å². The quantitative estimate of drug-likeness (QED) is 0.640. The van der Waals surface area contributed by atoms with Gasteiger partial charge in [0.25, 0.3) is 0 Å². The number of aryl methyl sites for hydroxylation is 1. The fourth-order valence-electron chi connectivity index (χ4n) is 1.33. The van der Waals surface area contributed by atoms with Gasteiger partial charge in [-0.25, -0.2) is 0 Å². The van der Waals surface area contributed by atoms with E-state index in [1.165, 1.54) is 0 Å². The van der Waals surface area contributed by atoms with Gasteiger partial charge >= 0.3 is 0 Å². The minimum absolute atomic E-state index is 0.0112. The Labute approximate surface area is 96.0 Å². The molecule has 0 saturated heterocycles. The molecule has 0 unspecified atom stereocenters. The highest BCUT2D eigenvalue weighted by atomic mass is 16.1. The van der Waals surface area contributed by atoms with Gasteiger partial charge in [-0.1, -0.05) is 13.8 Å². The molecule has 1 heterocycles. The summed E-state index contributed by atoms with van der Waals surface area (Å²) in [5, 5.41) is 12.7. The Balaban J connectivity index is 2.16. The molecule has 0 aliphatic heterocycles. The molecule has 0 aliphatic carbocycles. The maximum atomic E-state index is 11.5. The molecule has 90 valence electrons. The average Bonchev–Trinajstić information content (AvgIpc) is 2.58. The van der Waals surface area contributed by atoms with Gasteiger partial charge in [0.1, 0.15) is 0 Å². The van der Waals surface area contributed by atoms with Crippen molar-refractivity contribution in [2.24, 2.45) is 0 Å². The van der Waals surface area contributed by atoms with Crippen molar-refractivity contribution in [1.29, 1.82) is 0 Å². The molecule has 0 radical (unpaired) electrons. The second-order valence-corrected chi connectivity index (χ2v) is 4.20. The first-order valence-electron chi connectivity index (χ1n) is 5.63. The third-order valence-electron chi connectivity index (χ3n) is 2.11. The van der Waals surface area contributed by atoms with Crippen LogP contribution in [0, 0.1) is 6.92 Å². The molecule has 0 fully saturated rings. The summed E-state index contributed by atoms with van der Waals surface area (Å²) < 4.78 is 0. The highest BCUT2D eigenvalue weighted by molar-refractivity contribution is 5.89. The molecular formula is C11H20N4O. The normalized spacial score (nSPS) is 10.8. The number of nitrogens with zero attached hydrogens (tertiary/aromatic N) is 1. The van der Waals surface area contributed by atoms with Crippen molar-refractivity contribution in [3.8, 4) is 0 Å². The first-order chi connectivity index (χ1) is 7.58. The number of hydrogen-bond donors (Lipinski definition) is 3. The summed E-state index contributed by atoms with van der Waals surface area (Å²) in [6.45, 7) is 6.94. The van der Waals surface area contributed by atoms with E-state index in [2.05, 4.69) is 34.7 Å². The Morgan fingerprint density at radius 1 is 1.56 bits per heavy atom. The Kier molecular flexibility index (Phi) is 4.98. The van der Waals surface area contributed by atoms with Crippen molar-refractivity contribution in [3.63, 3.8) is 0 Å². The van der Waals surface area contributed by atoms with Crippen LogP contribution >= 0.6 is 0 Å². The standard InChI is InChI=1S/C11H20N4O/c1-8(2)12-6-4-5-11(16)13-10-7-9(3)14-15-10/h7-8,12H,4-6H2,1-3H3,(H2,13,14,15,16). The molecule has 3 N–H and O–H groups in total. The second-order valence-electron chi connectivity index (χ2n) is 4.20. The van der Waals surface area contributed by atoms with E-state index in [0.717, 1.165) is 18.7 Å². The van der Waals surface area contributed by atoms with Gasteiger partial charge < -0.3 is 10.6 Å². The maximum absolute atomic E-state index is 11.5. The van der Waals surface area contributed by atoms with Gasteiger partial charge in [-0.3, -0.25) is 9.89 Å². The van der Waals surface area contributed by atoms with Crippen molar-refractivity contribution in [2.75, 3.05) is 11.9 Å².